The molecular weight excluding hydrogens is 369 g/mol. The first-order valence-electron chi connectivity index (χ1n) is 6.84. The van der Waals surface area contributed by atoms with Gasteiger partial charge in [0.1, 0.15) is 5.75 Å². The Hall–Kier alpha value is -2.34. The number of ether oxygens (including phenoxy) is 1. The summed E-state index contributed by atoms with van der Waals surface area (Å²) >= 11 is 0. The molecule has 0 N–H and O–H groups in total. The third-order valence-corrected chi connectivity index (χ3v) is 2.93. The molecule has 0 aliphatic rings. The van der Waals surface area contributed by atoms with Gasteiger partial charge in [0.05, 0.1) is 18.1 Å². The number of fused-ring (bicyclic) bond motifs is 1. The molecule has 0 radical (unpaired) electrons. The van der Waals surface area contributed by atoms with E-state index in [0.29, 0.717) is 0 Å². The van der Waals surface area contributed by atoms with Crippen LogP contribution in [0, 0.1) is 0 Å². The van der Waals surface area contributed by atoms with Gasteiger partial charge >= 0.3 is 44.3 Å². The van der Waals surface area contributed by atoms with Crippen LogP contribution in [0.5, 0.6) is 5.75 Å². The third kappa shape index (κ3) is 7.39. The van der Waals surface area contributed by atoms with E-state index in [4.69, 9.17) is 9.15 Å². The quantitative estimate of drug-likeness (QED) is 0.256. The number of hydrogen-bond donors (Lipinski definition) is 0. The monoisotopic (exact) mass is 382 g/mol. The van der Waals surface area contributed by atoms with Crippen molar-refractivity contribution in [3.05, 3.63) is 60.7 Å². The molecular formula is C16H13F6O2P. The van der Waals surface area contributed by atoms with E-state index in [1.165, 1.54) is 0 Å². The summed E-state index contributed by atoms with van der Waals surface area (Å²) in [6.45, 7) is 0. The summed E-state index contributed by atoms with van der Waals surface area (Å²) in [5, 5.41) is 1.11. The molecule has 3 aromatic rings. The Morgan fingerprint density at radius 3 is 1.88 bits per heavy atom. The van der Waals surface area contributed by atoms with Gasteiger partial charge < -0.3 is 4.74 Å². The molecule has 3 rings (SSSR count). The van der Waals surface area contributed by atoms with Crippen LogP contribution in [0.4, 0.5) is 25.2 Å². The first-order valence-corrected chi connectivity index (χ1v) is 8.87. The van der Waals surface area contributed by atoms with E-state index in [9.17, 15) is 25.2 Å². The molecule has 0 saturated heterocycles. The first kappa shape index (κ1) is 19.0. The standard InChI is InChI=1S/C16H13O2.F6P/c1-17-14-9-6-13(7-10-14)16-11-8-12-4-2-3-5-15(12)18-16;1-7(2,3,4,5)6/h2-11H,1H3;/q+1;-1. The van der Waals surface area contributed by atoms with Crippen LogP contribution in [-0.4, -0.2) is 7.11 Å². The van der Waals surface area contributed by atoms with E-state index in [1.54, 1.807) is 7.11 Å². The predicted octanol–water partition coefficient (Wildman–Crippen LogP) is 7.77. The van der Waals surface area contributed by atoms with E-state index in [1.807, 2.05) is 54.6 Å². The Morgan fingerprint density at radius 1 is 0.760 bits per heavy atom. The van der Waals surface area contributed by atoms with Gasteiger partial charge in [0.2, 0.25) is 0 Å². The van der Waals surface area contributed by atoms with Crippen molar-refractivity contribution in [1.29, 1.82) is 0 Å². The predicted molar refractivity (Wildman–Crippen MR) is 86.2 cm³/mol. The average Bonchev–Trinajstić information content (AvgIpc) is 2.51. The number of halogens is 6. The van der Waals surface area contributed by atoms with Crippen LogP contribution in [-0.2, 0) is 0 Å². The Bertz CT molecular complexity index is 865. The molecule has 1 heterocycles. The summed E-state index contributed by atoms with van der Waals surface area (Å²) in [6.07, 6.45) is 0. The van der Waals surface area contributed by atoms with Crippen molar-refractivity contribution in [2.75, 3.05) is 7.11 Å². The van der Waals surface area contributed by atoms with Crippen LogP contribution in [0.25, 0.3) is 22.3 Å². The molecule has 25 heavy (non-hydrogen) atoms. The second-order valence-corrected chi connectivity index (χ2v) is 6.94. The maximum atomic E-state index is 9.87. The molecule has 0 bridgehead atoms. The Balaban J connectivity index is 0.000000277. The minimum atomic E-state index is -10.7. The summed E-state index contributed by atoms with van der Waals surface area (Å²) in [4.78, 5) is 0. The number of methoxy groups -OCH3 is 1. The summed E-state index contributed by atoms with van der Waals surface area (Å²) in [5.74, 6) is 1.70. The van der Waals surface area contributed by atoms with Gasteiger partial charge in [-0.15, -0.1) is 0 Å². The fourth-order valence-corrected chi connectivity index (χ4v) is 1.94. The Labute approximate surface area is 138 Å². The number of benzene rings is 2. The van der Waals surface area contributed by atoms with Gasteiger partial charge in [0, 0.05) is 12.1 Å². The third-order valence-electron chi connectivity index (χ3n) is 2.93. The molecule has 136 valence electrons. The summed E-state index contributed by atoms with van der Waals surface area (Å²) in [6, 6.07) is 19.9. The Morgan fingerprint density at radius 2 is 1.32 bits per heavy atom. The van der Waals surface area contributed by atoms with Crippen molar-refractivity contribution in [3.8, 4) is 17.1 Å². The number of hydrogen-bond acceptors (Lipinski definition) is 1. The fourth-order valence-electron chi connectivity index (χ4n) is 1.94. The number of rotatable bonds is 2. The van der Waals surface area contributed by atoms with Crippen LogP contribution in [0.3, 0.4) is 0 Å². The summed E-state index contributed by atoms with van der Waals surface area (Å²) in [5.41, 5.74) is 1.94. The summed E-state index contributed by atoms with van der Waals surface area (Å²) in [7, 11) is -9.00. The van der Waals surface area contributed by atoms with Crippen molar-refractivity contribution in [2.45, 2.75) is 0 Å². The molecule has 0 unspecified atom stereocenters. The van der Waals surface area contributed by atoms with Crippen molar-refractivity contribution < 1.29 is 34.3 Å². The molecule has 0 aliphatic carbocycles. The van der Waals surface area contributed by atoms with Crippen molar-refractivity contribution in [1.82, 2.24) is 0 Å². The van der Waals surface area contributed by atoms with Gasteiger partial charge in [0.25, 0.3) is 0 Å². The molecule has 1 aromatic heterocycles. The van der Waals surface area contributed by atoms with Crippen molar-refractivity contribution in [3.63, 3.8) is 0 Å². The molecule has 2 nitrogen and oxygen atoms in total. The maximum absolute atomic E-state index is 10.7. The molecule has 0 amide bonds. The van der Waals surface area contributed by atoms with Gasteiger partial charge in [-0.05, 0) is 36.4 Å². The molecule has 9 heteroatoms. The molecule has 0 spiro atoms. The zero-order chi connectivity index (χ0) is 18.8. The minimum absolute atomic E-state index is 0.847. The van der Waals surface area contributed by atoms with Crippen LogP contribution in [0.15, 0.2) is 65.1 Å². The Kier molecular flexibility index (Phi) is 4.46. The van der Waals surface area contributed by atoms with E-state index in [2.05, 4.69) is 6.07 Å². The van der Waals surface area contributed by atoms with Crippen LogP contribution in [0.2, 0.25) is 0 Å². The second-order valence-electron chi connectivity index (χ2n) is 5.02. The van der Waals surface area contributed by atoms with Crippen LogP contribution in [0.1, 0.15) is 0 Å². The van der Waals surface area contributed by atoms with Gasteiger partial charge in [-0.2, -0.15) is 0 Å². The van der Waals surface area contributed by atoms with Gasteiger partial charge in [0.15, 0.2) is 0 Å². The SMILES string of the molecule is COc1ccc(-c2ccc3ccccc3[o+]2)cc1.F[P-](F)(F)(F)(F)F. The van der Waals surface area contributed by atoms with E-state index < -0.39 is 7.81 Å². The molecule has 0 atom stereocenters. The molecule has 0 aliphatic heterocycles. The van der Waals surface area contributed by atoms with E-state index >= 15 is 0 Å². The van der Waals surface area contributed by atoms with Crippen LogP contribution >= 0.6 is 7.81 Å². The topological polar surface area (TPSA) is 20.5 Å². The van der Waals surface area contributed by atoms with Crippen molar-refractivity contribution >= 4 is 18.8 Å². The molecule has 0 fully saturated rings. The fraction of sp³-hybridized carbons (Fsp3) is 0.0625. The molecule has 0 saturated carbocycles. The zero-order valence-corrected chi connectivity index (χ0v) is 13.7. The van der Waals surface area contributed by atoms with Crippen LogP contribution < -0.4 is 4.74 Å². The van der Waals surface area contributed by atoms with Crippen molar-refractivity contribution in [2.24, 2.45) is 0 Å². The molecule has 2 aromatic carbocycles. The zero-order valence-electron chi connectivity index (χ0n) is 12.8. The van der Waals surface area contributed by atoms with E-state index in [-0.39, 0.29) is 0 Å². The van der Waals surface area contributed by atoms with E-state index in [0.717, 1.165) is 28.0 Å². The first-order chi connectivity index (χ1) is 11.3. The van der Waals surface area contributed by atoms with Gasteiger partial charge in [-0.1, -0.05) is 12.1 Å². The van der Waals surface area contributed by atoms with Gasteiger partial charge in [-0.25, -0.2) is 4.42 Å². The normalized spacial score (nSPS) is 14.0. The second kappa shape index (κ2) is 5.88. The average molecular weight is 382 g/mol. The number of para-hydroxylation sites is 1. The van der Waals surface area contributed by atoms with Gasteiger partial charge in [-0.3, -0.25) is 0 Å². The summed E-state index contributed by atoms with van der Waals surface area (Å²) < 4.78 is 70.2.